The Morgan fingerprint density at radius 3 is 2.69 bits per heavy atom. The standard InChI is InChI=1S/C14H15F2N5O4S/c15-12(16)10-11(25-13(19-10)7-1-2-7)14(22)20-3-4-21-8(6-20)9(5-18-21)26(17,23)24/h5,7,12H,1-4,6H2,(H2,17,23,24). The lowest BCUT2D eigenvalue weighted by Crippen LogP contribution is -2.39. The lowest BCUT2D eigenvalue weighted by atomic mass is 10.2. The van der Waals surface area contributed by atoms with E-state index in [0.717, 1.165) is 19.0 Å². The van der Waals surface area contributed by atoms with Crippen LogP contribution in [0, 0.1) is 0 Å². The van der Waals surface area contributed by atoms with Gasteiger partial charge in [0.05, 0.1) is 25.0 Å². The lowest BCUT2D eigenvalue weighted by molar-refractivity contribution is 0.0654. The summed E-state index contributed by atoms with van der Waals surface area (Å²) in [6.45, 7) is 0.247. The zero-order chi connectivity index (χ0) is 18.6. The van der Waals surface area contributed by atoms with Crippen LogP contribution in [0.15, 0.2) is 15.5 Å². The summed E-state index contributed by atoms with van der Waals surface area (Å²) in [6.07, 6.45) is -0.252. The first-order chi connectivity index (χ1) is 12.3. The van der Waals surface area contributed by atoms with Crippen molar-refractivity contribution in [2.45, 2.75) is 43.2 Å². The minimum absolute atomic E-state index is 0.0224. The zero-order valence-corrected chi connectivity index (χ0v) is 14.2. The number of oxazole rings is 1. The van der Waals surface area contributed by atoms with E-state index in [2.05, 4.69) is 10.1 Å². The molecular weight excluding hydrogens is 372 g/mol. The van der Waals surface area contributed by atoms with Crippen LogP contribution in [0.5, 0.6) is 0 Å². The van der Waals surface area contributed by atoms with Gasteiger partial charge in [-0.1, -0.05) is 0 Å². The summed E-state index contributed by atoms with van der Waals surface area (Å²) >= 11 is 0. The van der Waals surface area contributed by atoms with E-state index in [1.807, 2.05) is 0 Å². The molecule has 2 aliphatic rings. The molecule has 1 aliphatic carbocycles. The van der Waals surface area contributed by atoms with Crippen molar-refractivity contribution in [3.8, 4) is 0 Å². The Hall–Kier alpha value is -2.34. The van der Waals surface area contributed by atoms with Crippen molar-refractivity contribution >= 4 is 15.9 Å². The van der Waals surface area contributed by atoms with Crippen LogP contribution in [0.1, 0.15) is 53.0 Å². The van der Waals surface area contributed by atoms with Gasteiger partial charge in [-0.3, -0.25) is 9.48 Å². The van der Waals surface area contributed by atoms with Crippen molar-refractivity contribution in [1.29, 1.82) is 0 Å². The number of fused-ring (bicyclic) bond motifs is 1. The number of halogens is 2. The fraction of sp³-hybridized carbons (Fsp3) is 0.500. The summed E-state index contributed by atoms with van der Waals surface area (Å²) in [5.74, 6) is -1.12. The second kappa shape index (κ2) is 5.84. The summed E-state index contributed by atoms with van der Waals surface area (Å²) in [7, 11) is -4.01. The van der Waals surface area contributed by atoms with E-state index in [0.29, 0.717) is 0 Å². The Bertz CT molecular complexity index is 980. The number of alkyl halides is 2. The molecule has 0 spiro atoms. The number of carbonyl (C=O) groups is 1. The number of hydrogen-bond acceptors (Lipinski definition) is 6. The Kier molecular flexibility index (Phi) is 3.84. The average Bonchev–Trinajstić information content (AvgIpc) is 3.17. The SMILES string of the molecule is NS(=O)(=O)c1cnn2c1CN(C(=O)c1oc(C3CC3)nc1C(F)F)CC2. The Balaban J connectivity index is 1.65. The van der Waals surface area contributed by atoms with Crippen molar-refractivity contribution in [1.82, 2.24) is 19.7 Å². The lowest BCUT2D eigenvalue weighted by Gasteiger charge is -2.27. The van der Waals surface area contributed by atoms with Gasteiger partial charge in [0.2, 0.25) is 15.8 Å². The fourth-order valence-corrected chi connectivity index (χ4v) is 3.62. The first-order valence-corrected chi connectivity index (χ1v) is 9.46. The summed E-state index contributed by atoms with van der Waals surface area (Å²) in [6, 6.07) is 0. The third-order valence-corrected chi connectivity index (χ3v) is 5.38. The molecule has 2 aromatic rings. The number of nitrogens with zero attached hydrogens (tertiary/aromatic N) is 4. The van der Waals surface area contributed by atoms with Crippen LogP contribution in [0.3, 0.4) is 0 Å². The fourth-order valence-electron chi connectivity index (χ4n) is 2.93. The number of sulfonamides is 1. The van der Waals surface area contributed by atoms with E-state index in [-0.39, 0.29) is 42.0 Å². The molecule has 2 aromatic heterocycles. The molecule has 2 N–H and O–H groups in total. The second-order valence-corrected chi connectivity index (χ2v) is 7.82. The highest BCUT2D eigenvalue weighted by atomic mass is 32.2. The van der Waals surface area contributed by atoms with Gasteiger partial charge in [-0.05, 0) is 12.8 Å². The largest absolute Gasteiger partial charge is 0.435 e. The molecule has 1 aliphatic heterocycles. The first kappa shape index (κ1) is 17.1. The molecule has 26 heavy (non-hydrogen) atoms. The van der Waals surface area contributed by atoms with Crippen LogP contribution in [-0.4, -0.2) is 40.5 Å². The maximum Gasteiger partial charge on any atom is 0.292 e. The first-order valence-electron chi connectivity index (χ1n) is 7.91. The number of rotatable bonds is 4. The third-order valence-electron chi connectivity index (χ3n) is 4.42. The van der Waals surface area contributed by atoms with Crippen molar-refractivity contribution in [2.24, 2.45) is 5.14 Å². The van der Waals surface area contributed by atoms with Gasteiger partial charge in [0, 0.05) is 12.5 Å². The highest BCUT2D eigenvalue weighted by molar-refractivity contribution is 7.89. The van der Waals surface area contributed by atoms with Gasteiger partial charge >= 0.3 is 0 Å². The second-order valence-electron chi connectivity index (χ2n) is 6.29. The van der Waals surface area contributed by atoms with E-state index in [1.54, 1.807) is 0 Å². The maximum atomic E-state index is 13.3. The number of aromatic nitrogens is 3. The molecule has 0 unspecified atom stereocenters. The van der Waals surface area contributed by atoms with Crippen LogP contribution in [-0.2, 0) is 23.1 Å². The zero-order valence-electron chi connectivity index (χ0n) is 13.4. The predicted molar refractivity (Wildman–Crippen MR) is 81.8 cm³/mol. The van der Waals surface area contributed by atoms with Crippen LogP contribution < -0.4 is 5.14 Å². The highest BCUT2D eigenvalue weighted by Crippen LogP contribution is 2.41. The molecule has 12 heteroatoms. The van der Waals surface area contributed by atoms with Crippen LogP contribution in [0.2, 0.25) is 0 Å². The number of amides is 1. The summed E-state index contributed by atoms with van der Waals surface area (Å²) < 4.78 is 56.5. The number of carbonyl (C=O) groups excluding carboxylic acids is 1. The van der Waals surface area contributed by atoms with E-state index >= 15 is 0 Å². The molecule has 0 aromatic carbocycles. The molecule has 4 rings (SSSR count). The Morgan fingerprint density at radius 1 is 1.35 bits per heavy atom. The topological polar surface area (TPSA) is 124 Å². The van der Waals surface area contributed by atoms with Gasteiger partial charge < -0.3 is 9.32 Å². The molecule has 9 nitrogen and oxygen atoms in total. The number of nitrogens with two attached hydrogens (primary N) is 1. The molecule has 1 amide bonds. The van der Waals surface area contributed by atoms with E-state index in [1.165, 1.54) is 9.58 Å². The van der Waals surface area contributed by atoms with Gasteiger partial charge in [-0.25, -0.2) is 27.3 Å². The van der Waals surface area contributed by atoms with Crippen molar-refractivity contribution in [3.63, 3.8) is 0 Å². The minimum atomic E-state index is -4.01. The maximum absolute atomic E-state index is 13.3. The van der Waals surface area contributed by atoms with Crippen LogP contribution in [0.4, 0.5) is 8.78 Å². The minimum Gasteiger partial charge on any atom is -0.435 e. The molecule has 1 saturated carbocycles. The highest BCUT2D eigenvalue weighted by Gasteiger charge is 2.37. The van der Waals surface area contributed by atoms with Crippen molar-refractivity contribution < 1.29 is 26.4 Å². The van der Waals surface area contributed by atoms with Gasteiger partial charge in [0.25, 0.3) is 12.3 Å². The smallest absolute Gasteiger partial charge is 0.292 e. The molecule has 140 valence electrons. The van der Waals surface area contributed by atoms with E-state index in [4.69, 9.17) is 9.56 Å². The van der Waals surface area contributed by atoms with Crippen molar-refractivity contribution in [3.05, 3.63) is 29.2 Å². The summed E-state index contributed by atoms with van der Waals surface area (Å²) in [5, 5.41) is 9.09. The Morgan fingerprint density at radius 2 is 2.08 bits per heavy atom. The van der Waals surface area contributed by atoms with Gasteiger partial charge in [0.15, 0.2) is 11.6 Å². The molecule has 0 bridgehead atoms. The van der Waals surface area contributed by atoms with Gasteiger partial charge in [0.1, 0.15) is 4.90 Å². The summed E-state index contributed by atoms with van der Waals surface area (Å²) in [4.78, 5) is 17.5. The van der Waals surface area contributed by atoms with Crippen molar-refractivity contribution in [2.75, 3.05) is 6.54 Å². The quantitative estimate of drug-likeness (QED) is 0.834. The molecule has 3 heterocycles. The van der Waals surface area contributed by atoms with Gasteiger partial charge in [-0.2, -0.15) is 5.10 Å². The molecule has 1 fully saturated rings. The Labute approximate surface area is 146 Å². The van der Waals surface area contributed by atoms with Gasteiger partial charge in [-0.15, -0.1) is 0 Å². The third kappa shape index (κ3) is 2.88. The normalized spacial score (nSPS) is 17.6. The molecular formula is C14H15F2N5O4S. The number of hydrogen-bond donors (Lipinski definition) is 1. The summed E-state index contributed by atoms with van der Waals surface area (Å²) in [5.41, 5.74) is -0.449. The monoisotopic (exact) mass is 387 g/mol. The predicted octanol–water partition coefficient (Wildman–Crippen LogP) is 0.990. The van der Waals surface area contributed by atoms with E-state index < -0.39 is 33.8 Å². The number of primary sulfonamides is 1. The molecule has 0 saturated heterocycles. The van der Waals surface area contributed by atoms with E-state index in [9.17, 15) is 22.0 Å². The average molecular weight is 387 g/mol. The molecule has 0 radical (unpaired) electrons. The van der Waals surface area contributed by atoms with Crippen LogP contribution >= 0.6 is 0 Å². The van der Waals surface area contributed by atoms with Crippen LogP contribution in [0.25, 0.3) is 0 Å². The molecule has 0 atom stereocenters.